The van der Waals surface area contributed by atoms with Gasteiger partial charge in [-0.2, -0.15) is 0 Å². The molecule has 1 atom stereocenters. The second kappa shape index (κ2) is 52.7. The van der Waals surface area contributed by atoms with Gasteiger partial charge in [0.2, 0.25) is 0 Å². The third-order valence-electron chi connectivity index (χ3n) is 12.0. The van der Waals surface area contributed by atoms with Gasteiger partial charge in [0.15, 0.2) is 0 Å². The van der Waals surface area contributed by atoms with Crippen molar-refractivity contribution in [1.82, 2.24) is 0 Å². The molecule has 1 unspecified atom stereocenters. The summed E-state index contributed by atoms with van der Waals surface area (Å²) >= 11 is 0. The van der Waals surface area contributed by atoms with E-state index in [1.807, 2.05) is 0 Å². The first-order chi connectivity index (χ1) is 29.2. The number of aliphatic hydroxyl groups excluding tert-OH is 1. The minimum Gasteiger partial charge on any atom is -0.457 e. The number of carbonyl (C=O) groups is 1. The van der Waals surface area contributed by atoms with Crippen LogP contribution >= 0.6 is 0 Å². The highest BCUT2D eigenvalue weighted by Gasteiger charge is 2.13. The van der Waals surface area contributed by atoms with Gasteiger partial charge in [-0.1, -0.05) is 262 Å². The van der Waals surface area contributed by atoms with Gasteiger partial charge in [0.05, 0.1) is 13.2 Å². The number of unbranched alkanes of at least 4 members (excludes halogenated alkanes) is 36. The molecule has 1 N–H and O–H groups in total. The number of carbonyl (C=O) groups excluding carboxylic acids is 1. The molecule has 0 bridgehead atoms. The van der Waals surface area contributed by atoms with Gasteiger partial charge in [-0.05, 0) is 51.4 Å². The van der Waals surface area contributed by atoms with Crippen LogP contribution in [0.4, 0.5) is 0 Å². The van der Waals surface area contributed by atoms with E-state index in [9.17, 15) is 9.90 Å². The lowest BCUT2D eigenvalue weighted by Crippen LogP contribution is -2.27. The van der Waals surface area contributed by atoms with Crippen molar-refractivity contribution in [3.63, 3.8) is 0 Å². The quantitative estimate of drug-likeness (QED) is 0.0377. The summed E-state index contributed by atoms with van der Waals surface area (Å²) in [5.74, 6) is -0.208. The van der Waals surface area contributed by atoms with Crippen molar-refractivity contribution in [3.05, 3.63) is 36.5 Å². The molecule has 4 nitrogen and oxygen atoms in total. The number of rotatable bonds is 50. The minimum absolute atomic E-state index is 0.174. The fourth-order valence-corrected chi connectivity index (χ4v) is 7.99. The highest BCUT2D eigenvalue weighted by Crippen LogP contribution is 2.17. The van der Waals surface area contributed by atoms with Gasteiger partial charge in [0.25, 0.3) is 0 Å². The third-order valence-corrected chi connectivity index (χ3v) is 12.0. The average Bonchev–Trinajstić information content (AvgIpc) is 3.24. The Labute approximate surface area is 370 Å². The summed E-state index contributed by atoms with van der Waals surface area (Å²) in [4.78, 5) is 12.3. The van der Waals surface area contributed by atoms with E-state index in [0.717, 1.165) is 44.9 Å². The molecule has 59 heavy (non-hydrogen) atoms. The van der Waals surface area contributed by atoms with Crippen molar-refractivity contribution in [2.45, 2.75) is 290 Å². The molecule has 348 valence electrons. The zero-order chi connectivity index (χ0) is 42.6. The Morgan fingerprint density at radius 2 is 0.712 bits per heavy atom. The number of hydrogen-bond acceptors (Lipinski definition) is 4. The van der Waals surface area contributed by atoms with E-state index >= 15 is 0 Å². The van der Waals surface area contributed by atoms with Crippen molar-refractivity contribution in [1.29, 1.82) is 0 Å². The molecule has 0 aromatic carbocycles. The van der Waals surface area contributed by atoms with Crippen LogP contribution < -0.4 is 0 Å². The molecule has 0 fully saturated rings. The van der Waals surface area contributed by atoms with Gasteiger partial charge in [0.1, 0.15) is 6.10 Å². The fraction of sp³-hybridized carbons (Fsp3) is 0.873. The summed E-state index contributed by atoms with van der Waals surface area (Å²) in [5, 5.41) is 9.65. The van der Waals surface area contributed by atoms with Gasteiger partial charge in [-0.3, -0.25) is 4.79 Å². The van der Waals surface area contributed by atoms with E-state index < -0.39 is 6.10 Å². The molecular weight excluding hydrogens is 725 g/mol. The second-order valence-electron chi connectivity index (χ2n) is 18.0. The van der Waals surface area contributed by atoms with Crippen LogP contribution in [0.2, 0.25) is 0 Å². The summed E-state index contributed by atoms with van der Waals surface area (Å²) < 4.78 is 11.2. The van der Waals surface area contributed by atoms with E-state index in [1.165, 1.54) is 218 Å². The Morgan fingerprint density at radius 3 is 1.07 bits per heavy atom. The van der Waals surface area contributed by atoms with Crippen LogP contribution in [-0.4, -0.2) is 37.0 Å². The van der Waals surface area contributed by atoms with E-state index in [4.69, 9.17) is 9.47 Å². The second-order valence-corrected chi connectivity index (χ2v) is 18.0. The van der Waals surface area contributed by atoms with Crippen molar-refractivity contribution >= 4 is 5.97 Å². The van der Waals surface area contributed by atoms with Gasteiger partial charge in [-0.25, -0.2) is 0 Å². The van der Waals surface area contributed by atoms with Crippen molar-refractivity contribution < 1.29 is 19.4 Å². The first-order valence-electron chi connectivity index (χ1n) is 26.6. The van der Waals surface area contributed by atoms with Crippen molar-refractivity contribution in [2.24, 2.45) is 0 Å². The number of ether oxygens (including phenoxy) is 2. The Hall–Kier alpha value is -1.39. The predicted molar refractivity (Wildman–Crippen MR) is 260 cm³/mol. The highest BCUT2D eigenvalue weighted by atomic mass is 16.6. The zero-order valence-electron chi connectivity index (χ0n) is 40.0. The summed E-state index contributed by atoms with van der Waals surface area (Å²) in [6, 6.07) is 0. The van der Waals surface area contributed by atoms with Crippen molar-refractivity contribution in [3.8, 4) is 0 Å². The van der Waals surface area contributed by atoms with Crippen LogP contribution in [0.3, 0.4) is 0 Å². The van der Waals surface area contributed by atoms with Crippen LogP contribution in [0.25, 0.3) is 0 Å². The van der Waals surface area contributed by atoms with Crippen molar-refractivity contribution in [2.75, 3.05) is 19.8 Å². The molecule has 0 radical (unpaired) electrons. The van der Waals surface area contributed by atoms with Gasteiger partial charge >= 0.3 is 5.97 Å². The Bertz CT molecular complexity index is 878. The maximum absolute atomic E-state index is 12.3. The summed E-state index contributed by atoms with van der Waals surface area (Å²) in [6.45, 7) is 5.37. The molecule has 0 saturated heterocycles. The third kappa shape index (κ3) is 50.9. The molecule has 0 aliphatic carbocycles. The van der Waals surface area contributed by atoms with E-state index in [1.54, 1.807) is 0 Å². The van der Waals surface area contributed by atoms with Gasteiger partial charge in [-0.15, -0.1) is 0 Å². The van der Waals surface area contributed by atoms with E-state index in [2.05, 4.69) is 50.3 Å². The molecule has 0 saturated carbocycles. The Kier molecular flexibility index (Phi) is 51.5. The Morgan fingerprint density at radius 1 is 0.407 bits per heavy atom. The van der Waals surface area contributed by atoms with Gasteiger partial charge in [0, 0.05) is 13.0 Å². The zero-order valence-corrected chi connectivity index (χ0v) is 40.0. The van der Waals surface area contributed by atoms with E-state index in [0.29, 0.717) is 19.6 Å². The number of hydrogen-bond donors (Lipinski definition) is 1. The molecule has 0 amide bonds. The lowest BCUT2D eigenvalue weighted by molar-refractivity contribution is -0.154. The predicted octanol–water partition coefficient (Wildman–Crippen LogP) is 18.0. The minimum atomic E-state index is -0.540. The molecular formula is C55H104O4. The molecule has 0 aliphatic heterocycles. The smallest absolute Gasteiger partial charge is 0.306 e. The molecule has 0 aromatic rings. The SMILES string of the molecule is CCCCCCC/C=C\C/C=C\C/C=C\CCCCCCCCC(=O)OC(CO)COCCCCCCCCCCCCCCCCCCCCCCCCCCCC. The molecule has 0 spiro atoms. The lowest BCUT2D eigenvalue weighted by Gasteiger charge is -2.16. The van der Waals surface area contributed by atoms with Crippen LogP contribution in [0.5, 0.6) is 0 Å². The summed E-state index contributed by atoms with van der Waals surface area (Å²) in [5.41, 5.74) is 0. The molecule has 0 rings (SSSR count). The molecule has 0 aromatic heterocycles. The van der Waals surface area contributed by atoms with Crippen LogP contribution in [-0.2, 0) is 14.3 Å². The summed E-state index contributed by atoms with van der Waals surface area (Å²) in [6.07, 6.45) is 68.2. The highest BCUT2D eigenvalue weighted by molar-refractivity contribution is 5.69. The topological polar surface area (TPSA) is 55.8 Å². The lowest BCUT2D eigenvalue weighted by atomic mass is 10.0. The number of esters is 1. The van der Waals surface area contributed by atoms with Crippen LogP contribution in [0.15, 0.2) is 36.5 Å². The van der Waals surface area contributed by atoms with Gasteiger partial charge < -0.3 is 14.6 Å². The number of aliphatic hydroxyl groups is 1. The number of allylic oxidation sites excluding steroid dienone is 6. The molecule has 4 heteroatoms. The molecule has 0 heterocycles. The largest absolute Gasteiger partial charge is 0.457 e. The Balaban J connectivity index is 3.38. The van der Waals surface area contributed by atoms with Crippen LogP contribution in [0.1, 0.15) is 284 Å². The van der Waals surface area contributed by atoms with E-state index in [-0.39, 0.29) is 12.6 Å². The fourth-order valence-electron chi connectivity index (χ4n) is 7.99. The first-order valence-corrected chi connectivity index (χ1v) is 26.6. The van der Waals surface area contributed by atoms with Crippen LogP contribution in [0, 0.1) is 0 Å². The standard InChI is InChI=1S/C55H104O4/c1-3-5-7-9-11-13-15-17-19-21-23-25-26-27-28-29-31-33-35-37-39-41-43-45-47-49-51-58-53-54(52-56)59-55(57)50-48-46-44-42-40-38-36-34-32-30-24-22-20-18-16-14-12-10-8-6-4-2/h16,18,22,24,32,34,54,56H,3-15,17,19-21,23,25-31,33,35-53H2,1-2H3/b18-16-,24-22-,34-32-. The normalized spacial score (nSPS) is 12.5. The first kappa shape index (κ1) is 57.6. The maximum Gasteiger partial charge on any atom is 0.306 e. The maximum atomic E-state index is 12.3. The monoisotopic (exact) mass is 829 g/mol. The average molecular weight is 829 g/mol. The molecule has 0 aliphatic rings. The summed E-state index contributed by atoms with van der Waals surface area (Å²) in [7, 11) is 0.